The molecule has 0 fully saturated rings. The molecule has 0 bridgehead atoms. The minimum Gasteiger partial charge on any atom is -0.506 e. The van der Waals surface area contributed by atoms with Gasteiger partial charge < -0.3 is 14.9 Å². The van der Waals surface area contributed by atoms with E-state index >= 15 is 0 Å². The van der Waals surface area contributed by atoms with Gasteiger partial charge in [-0.1, -0.05) is 39.3 Å². The number of carbonyl (C=O) groups is 1. The van der Waals surface area contributed by atoms with Crippen molar-refractivity contribution in [1.82, 2.24) is 5.16 Å². The largest absolute Gasteiger partial charge is 0.506 e. The average molecular weight is 373 g/mol. The number of carbonyl (C=O) groups excluding carboxylic acids is 1. The van der Waals surface area contributed by atoms with E-state index in [2.05, 4.69) is 26.4 Å². The van der Waals surface area contributed by atoms with E-state index in [4.69, 9.17) is 4.52 Å². The molecule has 3 rings (SSSR count). The van der Waals surface area contributed by atoms with Crippen molar-refractivity contribution in [1.29, 1.82) is 0 Å². The minimum atomic E-state index is -0.446. The molecule has 0 saturated heterocycles. The zero-order chi connectivity index (χ0) is 16.4. The first-order valence-electron chi connectivity index (χ1n) is 6.86. The van der Waals surface area contributed by atoms with Gasteiger partial charge in [-0.05, 0) is 36.8 Å². The number of phenolic OH excluding ortho intramolecular Hbond substituents is 1. The van der Waals surface area contributed by atoms with Gasteiger partial charge in [0, 0.05) is 16.1 Å². The smallest absolute Gasteiger partial charge is 0.277 e. The first kappa shape index (κ1) is 15.3. The maximum absolute atomic E-state index is 12.2. The van der Waals surface area contributed by atoms with Crippen LogP contribution in [0.4, 0.5) is 5.69 Å². The number of phenols is 1. The third-order valence-corrected chi connectivity index (χ3v) is 3.80. The van der Waals surface area contributed by atoms with Gasteiger partial charge >= 0.3 is 0 Å². The number of aromatic nitrogens is 1. The highest BCUT2D eigenvalue weighted by molar-refractivity contribution is 9.10. The molecular formula is C17H13BrN2O3. The van der Waals surface area contributed by atoms with Gasteiger partial charge in [0.25, 0.3) is 5.91 Å². The highest BCUT2D eigenvalue weighted by Crippen LogP contribution is 2.26. The fourth-order valence-electron chi connectivity index (χ4n) is 2.07. The Hall–Kier alpha value is -2.60. The number of aryl methyl sites for hydroxylation is 1. The molecule has 1 heterocycles. The lowest BCUT2D eigenvalue weighted by molar-refractivity contribution is 0.101. The van der Waals surface area contributed by atoms with E-state index in [-0.39, 0.29) is 11.4 Å². The molecule has 6 heteroatoms. The molecule has 3 aromatic rings. The Kier molecular flexibility index (Phi) is 4.16. The number of halogens is 1. The molecule has 2 aromatic carbocycles. The second kappa shape index (κ2) is 6.26. The lowest BCUT2D eigenvalue weighted by Gasteiger charge is -2.06. The van der Waals surface area contributed by atoms with E-state index in [0.717, 1.165) is 15.6 Å². The summed E-state index contributed by atoms with van der Waals surface area (Å²) >= 11 is 3.36. The summed E-state index contributed by atoms with van der Waals surface area (Å²) in [6, 6.07) is 14.0. The van der Waals surface area contributed by atoms with Crippen molar-refractivity contribution >= 4 is 27.5 Å². The third-order valence-electron chi connectivity index (χ3n) is 3.27. The molecule has 2 N–H and O–H groups in total. The number of rotatable bonds is 3. The first-order chi connectivity index (χ1) is 11.0. The van der Waals surface area contributed by atoms with Crippen molar-refractivity contribution in [3.63, 3.8) is 0 Å². The van der Waals surface area contributed by atoms with Crippen LogP contribution in [0.15, 0.2) is 57.5 Å². The number of hydrogen-bond acceptors (Lipinski definition) is 4. The molecule has 0 unspecified atom stereocenters. The van der Waals surface area contributed by atoms with Crippen LogP contribution in [0.25, 0.3) is 11.3 Å². The lowest BCUT2D eigenvalue weighted by Crippen LogP contribution is -2.12. The van der Waals surface area contributed by atoms with Crippen LogP contribution < -0.4 is 5.32 Å². The number of aromatic hydroxyl groups is 1. The monoisotopic (exact) mass is 372 g/mol. The molecule has 1 amide bonds. The Bertz CT molecular complexity index is 857. The summed E-state index contributed by atoms with van der Waals surface area (Å²) in [5.74, 6) is 0.0507. The Morgan fingerprint density at radius 2 is 1.91 bits per heavy atom. The zero-order valence-electron chi connectivity index (χ0n) is 12.2. The number of benzene rings is 2. The van der Waals surface area contributed by atoms with Crippen LogP contribution in [0.1, 0.15) is 16.1 Å². The maximum Gasteiger partial charge on any atom is 0.277 e. The minimum absolute atomic E-state index is 0.000535. The van der Waals surface area contributed by atoms with Crippen LogP contribution in [0, 0.1) is 6.92 Å². The summed E-state index contributed by atoms with van der Waals surface area (Å²) in [6.45, 7) is 1.87. The van der Waals surface area contributed by atoms with Gasteiger partial charge in [-0.15, -0.1) is 0 Å². The second-order valence-electron chi connectivity index (χ2n) is 5.06. The van der Waals surface area contributed by atoms with Gasteiger partial charge in [0.05, 0.1) is 5.69 Å². The van der Waals surface area contributed by atoms with Gasteiger partial charge in [0.2, 0.25) is 0 Å². The van der Waals surface area contributed by atoms with Crippen molar-refractivity contribution < 1.29 is 14.4 Å². The van der Waals surface area contributed by atoms with E-state index in [0.29, 0.717) is 11.4 Å². The maximum atomic E-state index is 12.2. The Morgan fingerprint density at radius 3 is 2.65 bits per heavy atom. The van der Waals surface area contributed by atoms with Crippen molar-refractivity contribution in [2.24, 2.45) is 0 Å². The van der Waals surface area contributed by atoms with Crippen molar-refractivity contribution in [3.05, 3.63) is 64.3 Å². The quantitative estimate of drug-likeness (QED) is 0.669. The van der Waals surface area contributed by atoms with Crippen LogP contribution in [-0.4, -0.2) is 16.2 Å². The fourth-order valence-corrected chi connectivity index (χ4v) is 2.33. The molecule has 0 saturated carbocycles. The molecule has 0 aliphatic rings. The summed E-state index contributed by atoms with van der Waals surface area (Å²) in [4.78, 5) is 12.2. The molecule has 5 nitrogen and oxygen atoms in total. The highest BCUT2D eigenvalue weighted by atomic mass is 79.9. The summed E-state index contributed by atoms with van der Waals surface area (Å²) in [7, 11) is 0. The number of nitrogens with zero attached hydrogens (tertiary/aromatic N) is 1. The van der Waals surface area contributed by atoms with Crippen molar-refractivity contribution in [2.75, 3.05) is 5.32 Å². The SMILES string of the molecule is Cc1ccc(O)c(NC(=O)c2cc(-c3ccc(Br)cc3)on2)c1. The fraction of sp³-hybridized carbons (Fsp3) is 0.0588. The average Bonchev–Trinajstić information content (AvgIpc) is 3.02. The number of amides is 1. The molecule has 0 atom stereocenters. The summed E-state index contributed by atoms with van der Waals surface area (Å²) in [5.41, 5.74) is 2.22. The van der Waals surface area contributed by atoms with Crippen LogP contribution in [0.3, 0.4) is 0 Å². The standard InChI is InChI=1S/C17H13BrN2O3/c1-10-2-7-15(21)13(8-10)19-17(22)14-9-16(23-20-14)11-3-5-12(18)6-4-11/h2-9,21H,1H3,(H,19,22). The molecule has 23 heavy (non-hydrogen) atoms. The highest BCUT2D eigenvalue weighted by Gasteiger charge is 2.15. The van der Waals surface area contributed by atoms with Crippen LogP contribution >= 0.6 is 15.9 Å². The summed E-state index contributed by atoms with van der Waals surface area (Å²) < 4.78 is 6.17. The van der Waals surface area contributed by atoms with E-state index in [1.807, 2.05) is 31.2 Å². The van der Waals surface area contributed by atoms with Gasteiger partial charge in [0.1, 0.15) is 5.75 Å². The van der Waals surface area contributed by atoms with Gasteiger partial charge in [-0.25, -0.2) is 0 Å². The molecule has 0 radical (unpaired) electrons. The molecule has 1 aromatic heterocycles. The van der Waals surface area contributed by atoms with Gasteiger partial charge in [-0.3, -0.25) is 4.79 Å². The molecule has 0 aliphatic heterocycles. The molecule has 0 spiro atoms. The molecule has 0 aliphatic carbocycles. The van der Waals surface area contributed by atoms with Crippen LogP contribution in [-0.2, 0) is 0 Å². The van der Waals surface area contributed by atoms with E-state index < -0.39 is 5.91 Å². The Balaban J connectivity index is 1.81. The van der Waals surface area contributed by atoms with Crippen molar-refractivity contribution in [2.45, 2.75) is 6.92 Å². The zero-order valence-corrected chi connectivity index (χ0v) is 13.8. The normalized spacial score (nSPS) is 10.5. The summed E-state index contributed by atoms with van der Waals surface area (Å²) in [5, 5.41) is 16.2. The Labute approximate surface area is 141 Å². The van der Waals surface area contributed by atoms with E-state index in [1.54, 1.807) is 18.2 Å². The van der Waals surface area contributed by atoms with Crippen molar-refractivity contribution in [3.8, 4) is 17.1 Å². The predicted octanol–water partition coefficient (Wildman–Crippen LogP) is 4.37. The van der Waals surface area contributed by atoms with Crippen LogP contribution in [0.5, 0.6) is 5.75 Å². The van der Waals surface area contributed by atoms with Gasteiger partial charge in [-0.2, -0.15) is 0 Å². The molecule has 116 valence electrons. The number of anilines is 1. The topological polar surface area (TPSA) is 75.4 Å². The van der Waals surface area contributed by atoms with Crippen LogP contribution in [0.2, 0.25) is 0 Å². The predicted molar refractivity (Wildman–Crippen MR) is 90.4 cm³/mol. The lowest BCUT2D eigenvalue weighted by atomic mass is 10.1. The number of hydrogen-bond donors (Lipinski definition) is 2. The summed E-state index contributed by atoms with van der Waals surface area (Å²) in [6.07, 6.45) is 0. The first-order valence-corrected chi connectivity index (χ1v) is 7.66. The van der Waals surface area contributed by atoms with E-state index in [1.165, 1.54) is 6.07 Å². The van der Waals surface area contributed by atoms with Gasteiger partial charge in [0.15, 0.2) is 11.5 Å². The Morgan fingerprint density at radius 1 is 1.17 bits per heavy atom. The second-order valence-corrected chi connectivity index (χ2v) is 5.97. The van der Waals surface area contributed by atoms with E-state index in [9.17, 15) is 9.90 Å². The third kappa shape index (κ3) is 3.43. The number of nitrogens with one attached hydrogen (secondary N) is 1. The molecular weight excluding hydrogens is 360 g/mol.